The molecule has 0 atom stereocenters. The molecule has 0 spiro atoms. The van der Waals surface area contributed by atoms with Crippen molar-refractivity contribution >= 4 is 22.7 Å². The van der Waals surface area contributed by atoms with E-state index in [1.54, 1.807) is 10.6 Å². The fourth-order valence-corrected chi connectivity index (χ4v) is 4.59. The lowest BCUT2D eigenvalue weighted by Crippen LogP contribution is -2.24. The van der Waals surface area contributed by atoms with Gasteiger partial charge in [-0.1, -0.05) is 47.7 Å². The van der Waals surface area contributed by atoms with Crippen molar-refractivity contribution in [1.82, 2.24) is 9.55 Å². The molecule has 0 radical (unpaired) electrons. The van der Waals surface area contributed by atoms with Crippen LogP contribution in [0.4, 0.5) is 4.39 Å². The van der Waals surface area contributed by atoms with E-state index in [0.29, 0.717) is 28.4 Å². The van der Waals surface area contributed by atoms with Crippen molar-refractivity contribution in [1.29, 1.82) is 0 Å². The fraction of sp³-hybridized carbons (Fsp3) is 0.304. The van der Waals surface area contributed by atoms with E-state index < -0.39 is 0 Å². The van der Waals surface area contributed by atoms with Crippen LogP contribution in [0.1, 0.15) is 37.7 Å². The molecular formula is C23H23FN2OS. The molecule has 4 rings (SSSR count). The molecule has 144 valence electrons. The lowest BCUT2D eigenvalue weighted by molar-refractivity contribution is 0.569. The Morgan fingerprint density at radius 2 is 2.00 bits per heavy atom. The summed E-state index contributed by atoms with van der Waals surface area (Å²) in [5, 5.41) is 1.35. The maximum absolute atomic E-state index is 13.5. The van der Waals surface area contributed by atoms with Gasteiger partial charge in [-0.2, -0.15) is 0 Å². The third-order valence-electron chi connectivity index (χ3n) is 5.13. The third-order valence-corrected chi connectivity index (χ3v) is 6.17. The van der Waals surface area contributed by atoms with Gasteiger partial charge in [-0.25, -0.2) is 9.37 Å². The summed E-state index contributed by atoms with van der Waals surface area (Å²) < 4.78 is 15.3. The summed E-state index contributed by atoms with van der Waals surface area (Å²) in [6.07, 6.45) is 7.96. The van der Waals surface area contributed by atoms with Crippen LogP contribution in [0.25, 0.3) is 10.9 Å². The van der Waals surface area contributed by atoms with Crippen LogP contribution >= 0.6 is 11.8 Å². The summed E-state index contributed by atoms with van der Waals surface area (Å²) in [7, 11) is 0. The summed E-state index contributed by atoms with van der Waals surface area (Å²) in [6.45, 7) is 0.633. The number of halogens is 1. The van der Waals surface area contributed by atoms with Gasteiger partial charge in [0.05, 0.1) is 10.9 Å². The van der Waals surface area contributed by atoms with Crippen LogP contribution in [0, 0.1) is 5.82 Å². The second-order valence-corrected chi connectivity index (χ2v) is 8.09. The molecule has 28 heavy (non-hydrogen) atoms. The van der Waals surface area contributed by atoms with Gasteiger partial charge in [0.25, 0.3) is 5.56 Å². The van der Waals surface area contributed by atoms with Gasteiger partial charge in [0.2, 0.25) is 0 Å². The molecule has 0 bridgehead atoms. The first-order valence-electron chi connectivity index (χ1n) is 9.75. The molecule has 0 saturated carbocycles. The van der Waals surface area contributed by atoms with Gasteiger partial charge in [-0.15, -0.1) is 0 Å². The Morgan fingerprint density at radius 3 is 2.82 bits per heavy atom. The van der Waals surface area contributed by atoms with Gasteiger partial charge in [0.15, 0.2) is 5.16 Å². The molecule has 5 heteroatoms. The largest absolute Gasteiger partial charge is 0.287 e. The highest BCUT2D eigenvalue weighted by atomic mass is 32.2. The molecular weight excluding hydrogens is 371 g/mol. The summed E-state index contributed by atoms with van der Waals surface area (Å²) in [6, 6.07) is 14.1. The normalized spacial score (nSPS) is 14.2. The van der Waals surface area contributed by atoms with Gasteiger partial charge >= 0.3 is 0 Å². The minimum absolute atomic E-state index is 0.00347. The van der Waals surface area contributed by atoms with Gasteiger partial charge < -0.3 is 0 Å². The highest BCUT2D eigenvalue weighted by molar-refractivity contribution is 7.98. The smallest absolute Gasteiger partial charge is 0.262 e. The molecule has 2 aromatic carbocycles. The maximum Gasteiger partial charge on any atom is 0.262 e. The average Bonchev–Trinajstić information content (AvgIpc) is 2.72. The quantitative estimate of drug-likeness (QED) is 0.305. The standard InChI is InChI=1S/C23H23FN2OS/c24-19-10-6-9-18(15-19)16-28-23-25-21-12-5-4-11-20(21)22(27)26(23)14-13-17-7-2-1-3-8-17/h4-7,9-12,15H,1-3,8,13-14,16H2. The molecule has 0 N–H and O–H groups in total. The van der Waals surface area contributed by atoms with Crippen LogP contribution in [0.15, 0.2) is 70.1 Å². The first kappa shape index (κ1) is 18.9. The van der Waals surface area contributed by atoms with E-state index in [4.69, 9.17) is 4.98 Å². The first-order chi connectivity index (χ1) is 13.7. The molecule has 1 aliphatic rings. The molecule has 1 aliphatic carbocycles. The minimum Gasteiger partial charge on any atom is -0.287 e. The Kier molecular flexibility index (Phi) is 5.91. The molecule has 0 amide bonds. The monoisotopic (exact) mass is 394 g/mol. The fourth-order valence-electron chi connectivity index (χ4n) is 3.62. The molecule has 0 fully saturated rings. The van der Waals surface area contributed by atoms with Crippen molar-refractivity contribution in [3.63, 3.8) is 0 Å². The van der Waals surface area contributed by atoms with Crippen LogP contribution in [-0.4, -0.2) is 9.55 Å². The second kappa shape index (κ2) is 8.74. The Morgan fingerprint density at radius 1 is 1.11 bits per heavy atom. The highest BCUT2D eigenvalue weighted by Crippen LogP contribution is 2.25. The minimum atomic E-state index is -0.244. The Hall–Kier alpha value is -2.40. The first-order valence-corrected chi connectivity index (χ1v) is 10.7. The second-order valence-electron chi connectivity index (χ2n) is 7.15. The van der Waals surface area contributed by atoms with Crippen LogP contribution in [0.3, 0.4) is 0 Å². The maximum atomic E-state index is 13.5. The summed E-state index contributed by atoms with van der Waals surface area (Å²) in [5.74, 6) is 0.330. The van der Waals surface area contributed by atoms with Crippen LogP contribution in [0.5, 0.6) is 0 Å². The third kappa shape index (κ3) is 4.36. The lowest BCUT2D eigenvalue weighted by Gasteiger charge is -2.16. The summed E-state index contributed by atoms with van der Waals surface area (Å²) >= 11 is 1.49. The van der Waals surface area contributed by atoms with Crippen molar-refractivity contribution < 1.29 is 4.39 Å². The predicted octanol–water partition coefficient (Wildman–Crippen LogP) is 5.72. The Bertz CT molecular complexity index is 1070. The van der Waals surface area contributed by atoms with E-state index in [1.165, 1.54) is 42.3 Å². The number of allylic oxidation sites excluding steroid dienone is 2. The zero-order chi connectivity index (χ0) is 19.3. The molecule has 1 heterocycles. The van der Waals surface area contributed by atoms with Crippen molar-refractivity contribution in [3.05, 3.63) is 81.9 Å². The van der Waals surface area contributed by atoms with Crippen LogP contribution < -0.4 is 5.56 Å². The molecule has 3 aromatic rings. The zero-order valence-electron chi connectivity index (χ0n) is 15.7. The number of hydrogen-bond donors (Lipinski definition) is 0. The zero-order valence-corrected chi connectivity index (χ0v) is 16.6. The molecule has 3 nitrogen and oxygen atoms in total. The van der Waals surface area contributed by atoms with E-state index >= 15 is 0 Å². The molecule has 0 aliphatic heterocycles. The summed E-state index contributed by atoms with van der Waals surface area (Å²) in [4.78, 5) is 17.9. The van der Waals surface area contributed by atoms with Crippen LogP contribution in [0.2, 0.25) is 0 Å². The number of fused-ring (bicyclic) bond motifs is 1. The molecule has 0 saturated heterocycles. The van der Waals surface area contributed by atoms with Crippen molar-refractivity contribution in [3.8, 4) is 0 Å². The van der Waals surface area contributed by atoms with E-state index in [9.17, 15) is 9.18 Å². The van der Waals surface area contributed by atoms with Gasteiger partial charge in [0.1, 0.15) is 5.82 Å². The Labute approximate surface area is 168 Å². The van der Waals surface area contributed by atoms with Gasteiger partial charge in [-0.05, 0) is 61.9 Å². The highest BCUT2D eigenvalue weighted by Gasteiger charge is 2.13. The van der Waals surface area contributed by atoms with Crippen molar-refractivity contribution in [2.45, 2.75) is 49.6 Å². The van der Waals surface area contributed by atoms with E-state index in [0.717, 1.165) is 24.8 Å². The Balaban J connectivity index is 1.64. The number of aromatic nitrogens is 2. The summed E-state index contributed by atoms with van der Waals surface area (Å²) in [5.41, 5.74) is 3.03. The predicted molar refractivity (Wildman–Crippen MR) is 113 cm³/mol. The number of rotatable bonds is 6. The number of para-hydroxylation sites is 1. The number of thioether (sulfide) groups is 1. The lowest BCUT2D eigenvalue weighted by atomic mass is 9.97. The van der Waals surface area contributed by atoms with E-state index in [1.807, 2.05) is 30.3 Å². The van der Waals surface area contributed by atoms with Gasteiger partial charge in [-0.3, -0.25) is 9.36 Å². The number of nitrogens with zero attached hydrogens (tertiary/aromatic N) is 2. The van der Waals surface area contributed by atoms with E-state index in [-0.39, 0.29) is 11.4 Å². The van der Waals surface area contributed by atoms with Crippen molar-refractivity contribution in [2.75, 3.05) is 0 Å². The molecule has 1 aromatic heterocycles. The number of benzene rings is 2. The molecule has 0 unspecified atom stereocenters. The van der Waals surface area contributed by atoms with E-state index in [2.05, 4.69) is 6.08 Å². The van der Waals surface area contributed by atoms with Gasteiger partial charge in [0, 0.05) is 12.3 Å². The number of hydrogen-bond acceptors (Lipinski definition) is 3. The SMILES string of the molecule is O=c1c2ccccc2nc(SCc2cccc(F)c2)n1CCC1=CCCCC1. The van der Waals surface area contributed by atoms with Crippen LogP contribution in [-0.2, 0) is 12.3 Å². The van der Waals surface area contributed by atoms with Crippen molar-refractivity contribution in [2.24, 2.45) is 0 Å². The topological polar surface area (TPSA) is 34.9 Å². The average molecular weight is 395 g/mol.